The fraction of sp³-hybridized carbons (Fsp3) is 0.500. The minimum atomic E-state index is -3.35. The highest BCUT2D eigenvalue weighted by atomic mass is 32.2. The third kappa shape index (κ3) is 3.06. The largest absolute Gasteiger partial charge is 0.383 e. The van der Waals surface area contributed by atoms with E-state index < -0.39 is 10.0 Å². The van der Waals surface area contributed by atoms with Crippen LogP contribution in [0.25, 0.3) is 0 Å². The van der Waals surface area contributed by atoms with Crippen molar-refractivity contribution < 1.29 is 13.2 Å². The van der Waals surface area contributed by atoms with Crippen LogP contribution in [0.3, 0.4) is 0 Å². The maximum absolute atomic E-state index is 11.6. The summed E-state index contributed by atoms with van der Waals surface area (Å²) in [5.41, 5.74) is 0. The van der Waals surface area contributed by atoms with E-state index in [1.807, 2.05) is 0 Å². The first-order chi connectivity index (χ1) is 6.56. The van der Waals surface area contributed by atoms with Gasteiger partial charge in [-0.1, -0.05) is 6.07 Å². The Morgan fingerprint density at radius 2 is 2.36 bits per heavy atom. The molecular weight excluding hydrogens is 222 g/mol. The van der Waals surface area contributed by atoms with Gasteiger partial charge in [-0.05, 0) is 18.4 Å². The molecule has 1 N–H and O–H groups in total. The minimum absolute atomic E-state index is 0.216. The summed E-state index contributed by atoms with van der Waals surface area (Å²) in [5, 5.41) is 1.73. The zero-order chi connectivity index (χ0) is 10.6. The normalized spacial score (nSPS) is 14.1. The molecule has 0 fully saturated rings. The van der Waals surface area contributed by atoms with Crippen molar-refractivity contribution in [3.8, 4) is 0 Å². The van der Waals surface area contributed by atoms with Gasteiger partial charge in [-0.25, -0.2) is 13.1 Å². The monoisotopic (exact) mass is 235 g/mol. The number of hydrogen-bond acceptors (Lipinski definition) is 4. The van der Waals surface area contributed by atoms with Gasteiger partial charge in [0.05, 0.1) is 6.61 Å². The van der Waals surface area contributed by atoms with Gasteiger partial charge in [0.2, 0.25) is 10.0 Å². The van der Waals surface area contributed by atoms with E-state index in [4.69, 9.17) is 4.74 Å². The average Bonchev–Trinajstić information content (AvgIpc) is 2.54. The number of thiophene rings is 1. The first-order valence-electron chi connectivity index (χ1n) is 4.11. The lowest BCUT2D eigenvalue weighted by Gasteiger charge is -2.11. The van der Waals surface area contributed by atoms with E-state index in [1.165, 1.54) is 18.4 Å². The number of sulfonamides is 1. The topological polar surface area (TPSA) is 55.4 Å². The minimum Gasteiger partial charge on any atom is -0.383 e. The number of ether oxygens (including phenoxy) is 1. The summed E-state index contributed by atoms with van der Waals surface area (Å²) in [7, 11) is -1.81. The predicted molar refractivity (Wildman–Crippen MR) is 56.0 cm³/mol. The van der Waals surface area contributed by atoms with Crippen molar-refractivity contribution in [1.82, 2.24) is 4.72 Å². The van der Waals surface area contributed by atoms with Gasteiger partial charge in [-0.2, -0.15) is 0 Å². The van der Waals surface area contributed by atoms with E-state index in [-0.39, 0.29) is 6.04 Å². The van der Waals surface area contributed by atoms with Crippen molar-refractivity contribution in [1.29, 1.82) is 0 Å². The average molecular weight is 235 g/mol. The van der Waals surface area contributed by atoms with Crippen LogP contribution in [0.15, 0.2) is 21.7 Å². The first-order valence-corrected chi connectivity index (χ1v) is 6.47. The molecular formula is C8H13NO3S2. The summed E-state index contributed by atoms with van der Waals surface area (Å²) < 4.78 is 30.9. The van der Waals surface area contributed by atoms with Crippen LogP contribution >= 0.6 is 11.3 Å². The molecule has 0 amide bonds. The molecule has 0 radical (unpaired) electrons. The van der Waals surface area contributed by atoms with Crippen molar-refractivity contribution in [2.24, 2.45) is 0 Å². The zero-order valence-electron chi connectivity index (χ0n) is 8.06. The van der Waals surface area contributed by atoms with Crippen molar-refractivity contribution in [2.45, 2.75) is 17.2 Å². The fourth-order valence-corrected chi connectivity index (χ4v) is 3.26. The van der Waals surface area contributed by atoms with Crippen LogP contribution in [-0.2, 0) is 14.8 Å². The molecule has 0 bridgehead atoms. The van der Waals surface area contributed by atoms with E-state index >= 15 is 0 Å². The molecule has 1 rings (SSSR count). The number of nitrogens with one attached hydrogen (secondary N) is 1. The quantitative estimate of drug-likeness (QED) is 0.830. The summed E-state index contributed by atoms with van der Waals surface area (Å²) in [6.45, 7) is 2.12. The molecule has 0 saturated carbocycles. The Kier molecular flexibility index (Phi) is 4.06. The van der Waals surface area contributed by atoms with Crippen LogP contribution in [0, 0.1) is 0 Å². The van der Waals surface area contributed by atoms with Crippen LogP contribution in [0.2, 0.25) is 0 Å². The lowest BCUT2D eigenvalue weighted by Crippen LogP contribution is -2.35. The Hall–Kier alpha value is -0.430. The van der Waals surface area contributed by atoms with Gasteiger partial charge in [0, 0.05) is 13.2 Å². The van der Waals surface area contributed by atoms with Crippen LogP contribution in [0.5, 0.6) is 0 Å². The predicted octanol–water partition coefficient (Wildman–Crippen LogP) is 1.06. The smallest absolute Gasteiger partial charge is 0.250 e. The molecule has 1 atom stereocenters. The molecule has 0 saturated heterocycles. The van der Waals surface area contributed by atoms with Crippen molar-refractivity contribution in [3.05, 3.63) is 17.5 Å². The van der Waals surface area contributed by atoms with Crippen LogP contribution in [0.1, 0.15) is 6.92 Å². The summed E-state index contributed by atoms with van der Waals surface area (Å²) in [6.07, 6.45) is 0. The van der Waals surface area contributed by atoms with E-state index in [9.17, 15) is 8.42 Å². The maximum Gasteiger partial charge on any atom is 0.250 e. The van der Waals surface area contributed by atoms with Crippen molar-refractivity contribution >= 4 is 21.4 Å². The highest BCUT2D eigenvalue weighted by Crippen LogP contribution is 2.15. The van der Waals surface area contributed by atoms with Crippen molar-refractivity contribution in [3.63, 3.8) is 0 Å². The molecule has 4 nitrogen and oxygen atoms in total. The lowest BCUT2D eigenvalue weighted by atomic mass is 10.4. The molecule has 0 aliphatic carbocycles. The highest BCUT2D eigenvalue weighted by molar-refractivity contribution is 7.91. The highest BCUT2D eigenvalue weighted by Gasteiger charge is 2.17. The second-order valence-electron chi connectivity index (χ2n) is 2.91. The summed E-state index contributed by atoms with van der Waals surface area (Å²) in [4.78, 5) is 0. The first kappa shape index (κ1) is 11.6. The van der Waals surface area contributed by atoms with Gasteiger partial charge in [-0.15, -0.1) is 11.3 Å². The zero-order valence-corrected chi connectivity index (χ0v) is 9.69. The number of methoxy groups -OCH3 is 1. The van der Waals surface area contributed by atoms with E-state index in [1.54, 1.807) is 24.4 Å². The van der Waals surface area contributed by atoms with Gasteiger partial charge in [0.1, 0.15) is 4.21 Å². The van der Waals surface area contributed by atoms with E-state index in [0.717, 1.165) is 0 Å². The Labute approximate surface area is 88.0 Å². The molecule has 14 heavy (non-hydrogen) atoms. The SMILES string of the molecule is COC[C@H](C)NS(=O)(=O)c1cccs1. The van der Waals surface area contributed by atoms with Crippen molar-refractivity contribution in [2.75, 3.05) is 13.7 Å². The maximum atomic E-state index is 11.6. The molecule has 1 aromatic heterocycles. The molecule has 1 heterocycles. The molecule has 6 heteroatoms. The molecule has 0 aromatic carbocycles. The molecule has 1 aromatic rings. The van der Waals surface area contributed by atoms with Crippen LogP contribution < -0.4 is 4.72 Å². The Balaban J connectivity index is 2.68. The molecule has 0 spiro atoms. The number of hydrogen-bond donors (Lipinski definition) is 1. The Bertz CT molecular complexity index is 358. The summed E-state index contributed by atoms with van der Waals surface area (Å²) in [6, 6.07) is 3.07. The Morgan fingerprint density at radius 1 is 1.64 bits per heavy atom. The lowest BCUT2D eigenvalue weighted by molar-refractivity contribution is 0.180. The van der Waals surface area contributed by atoms with Gasteiger partial charge in [-0.3, -0.25) is 0 Å². The van der Waals surface area contributed by atoms with Gasteiger partial charge in [0.15, 0.2) is 0 Å². The second-order valence-corrected chi connectivity index (χ2v) is 5.80. The fourth-order valence-electron chi connectivity index (χ4n) is 1.02. The van der Waals surface area contributed by atoms with Gasteiger partial charge >= 0.3 is 0 Å². The number of rotatable bonds is 5. The van der Waals surface area contributed by atoms with E-state index in [0.29, 0.717) is 10.8 Å². The van der Waals surface area contributed by atoms with Gasteiger partial charge < -0.3 is 4.74 Å². The Morgan fingerprint density at radius 3 is 2.86 bits per heavy atom. The summed E-state index contributed by atoms with van der Waals surface area (Å²) >= 11 is 1.20. The molecule has 80 valence electrons. The van der Waals surface area contributed by atoms with Gasteiger partial charge in [0.25, 0.3) is 0 Å². The molecule has 0 aliphatic heterocycles. The van der Waals surface area contributed by atoms with Crippen LogP contribution in [-0.4, -0.2) is 28.2 Å². The third-order valence-electron chi connectivity index (χ3n) is 1.53. The molecule has 0 unspecified atom stereocenters. The van der Waals surface area contributed by atoms with Crippen LogP contribution in [0.4, 0.5) is 0 Å². The van der Waals surface area contributed by atoms with E-state index in [2.05, 4.69) is 4.72 Å². The standard InChI is InChI=1S/C8H13NO3S2/c1-7(6-12-2)9-14(10,11)8-4-3-5-13-8/h3-5,7,9H,6H2,1-2H3/t7-/m0/s1. The third-order valence-corrected chi connectivity index (χ3v) is 4.52. The second kappa shape index (κ2) is 4.88. The molecule has 0 aliphatic rings. The summed E-state index contributed by atoms with van der Waals surface area (Å²) in [5.74, 6) is 0.